The molecule has 0 atom stereocenters. The zero-order valence-electron chi connectivity index (χ0n) is 15.6. The normalized spacial score (nSPS) is 12.2. The van der Waals surface area contributed by atoms with E-state index in [4.69, 9.17) is 0 Å². The fourth-order valence-corrected chi connectivity index (χ4v) is 3.41. The molecular weight excluding hydrogens is 272 g/mol. The first-order valence-electron chi connectivity index (χ1n) is 8.67. The third-order valence-electron chi connectivity index (χ3n) is 4.12. The van der Waals surface area contributed by atoms with Crippen molar-refractivity contribution < 1.29 is 10.2 Å². The van der Waals surface area contributed by atoms with E-state index in [-0.39, 0.29) is 11.5 Å². The van der Waals surface area contributed by atoms with Gasteiger partial charge in [-0.05, 0) is 47.6 Å². The Morgan fingerprint density at radius 1 is 0.591 bits per heavy atom. The topological polar surface area (TPSA) is 40.5 Å². The summed E-state index contributed by atoms with van der Waals surface area (Å²) in [5.74, 6) is 1.78. The molecule has 0 radical (unpaired) electrons. The Morgan fingerprint density at radius 3 is 1.05 bits per heavy atom. The Kier molecular flexibility index (Phi) is 6.34. The summed E-state index contributed by atoms with van der Waals surface area (Å²) in [5, 5.41) is 21.3. The number of phenols is 2. The summed E-state index contributed by atoms with van der Waals surface area (Å²) in [6, 6.07) is 0. The van der Waals surface area contributed by atoms with Crippen molar-refractivity contribution in [3.05, 3.63) is 22.3 Å². The van der Waals surface area contributed by atoms with Crippen molar-refractivity contribution in [1.29, 1.82) is 0 Å². The summed E-state index contributed by atoms with van der Waals surface area (Å²) in [6.07, 6.45) is 1.60. The van der Waals surface area contributed by atoms with Crippen LogP contribution in [0.25, 0.3) is 0 Å². The molecule has 0 amide bonds. The monoisotopic (exact) mass is 306 g/mol. The highest BCUT2D eigenvalue weighted by atomic mass is 16.3. The summed E-state index contributed by atoms with van der Waals surface area (Å²) < 4.78 is 0. The van der Waals surface area contributed by atoms with Crippen molar-refractivity contribution in [2.75, 3.05) is 0 Å². The van der Waals surface area contributed by atoms with Gasteiger partial charge in [-0.1, -0.05) is 55.4 Å². The second kappa shape index (κ2) is 7.39. The molecule has 0 aromatic heterocycles. The van der Waals surface area contributed by atoms with E-state index < -0.39 is 0 Å². The van der Waals surface area contributed by atoms with Crippen LogP contribution in [-0.2, 0) is 12.8 Å². The van der Waals surface area contributed by atoms with Crippen LogP contribution in [0, 0.1) is 11.8 Å². The predicted molar refractivity (Wildman–Crippen MR) is 95.0 cm³/mol. The molecule has 0 aliphatic rings. The molecule has 22 heavy (non-hydrogen) atoms. The van der Waals surface area contributed by atoms with Crippen molar-refractivity contribution in [3.63, 3.8) is 0 Å². The maximum absolute atomic E-state index is 10.6. The number of hydrogen-bond donors (Lipinski definition) is 2. The van der Waals surface area contributed by atoms with Crippen LogP contribution in [0.2, 0.25) is 0 Å². The van der Waals surface area contributed by atoms with Crippen LogP contribution in [0.1, 0.15) is 89.5 Å². The fourth-order valence-electron chi connectivity index (χ4n) is 3.41. The minimum absolute atomic E-state index is 0.109. The second-order valence-electron chi connectivity index (χ2n) is 7.99. The van der Waals surface area contributed by atoms with Crippen LogP contribution in [0.3, 0.4) is 0 Å². The Labute approximate surface area is 136 Å². The first-order valence-corrected chi connectivity index (χ1v) is 8.67. The summed E-state index contributed by atoms with van der Waals surface area (Å²) in [6.45, 7) is 17.3. The van der Waals surface area contributed by atoms with Gasteiger partial charge < -0.3 is 10.2 Å². The molecule has 2 N–H and O–H groups in total. The van der Waals surface area contributed by atoms with E-state index in [0.29, 0.717) is 23.7 Å². The van der Waals surface area contributed by atoms with Gasteiger partial charge in [-0.25, -0.2) is 0 Å². The average molecular weight is 306 g/mol. The predicted octanol–water partition coefficient (Wildman–Crippen LogP) is 5.74. The fraction of sp³-hybridized carbons (Fsp3) is 0.700. The first kappa shape index (κ1) is 18.9. The molecule has 0 fully saturated rings. The second-order valence-corrected chi connectivity index (χ2v) is 7.99. The average Bonchev–Trinajstić information content (AvgIpc) is 2.36. The lowest BCUT2D eigenvalue weighted by molar-refractivity contribution is 0.387. The van der Waals surface area contributed by atoms with Gasteiger partial charge in [0.1, 0.15) is 0 Å². The highest BCUT2D eigenvalue weighted by molar-refractivity contribution is 5.60. The summed E-state index contributed by atoms with van der Waals surface area (Å²) in [5.41, 5.74) is 4.38. The molecule has 2 heteroatoms. The van der Waals surface area contributed by atoms with Gasteiger partial charge in [0, 0.05) is 11.1 Å². The standard InChI is InChI=1S/C20H34O2/c1-11(2)9-15-17(13(5)6)18(14(7)8)16(10-12(3)4)20(22)19(15)21/h11-14,21-22H,9-10H2,1-8H3. The number of phenolic OH excluding ortho intramolecular Hbond substituents is 2. The van der Waals surface area contributed by atoms with Gasteiger partial charge >= 0.3 is 0 Å². The lowest BCUT2D eigenvalue weighted by atomic mass is 9.79. The lowest BCUT2D eigenvalue weighted by Gasteiger charge is -2.27. The Balaban J connectivity index is 3.75. The molecule has 0 saturated carbocycles. The highest BCUT2D eigenvalue weighted by Gasteiger charge is 2.26. The van der Waals surface area contributed by atoms with Crippen LogP contribution in [0.4, 0.5) is 0 Å². The van der Waals surface area contributed by atoms with E-state index in [1.165, 1.54) is 11.1 Å². The molecule has 1 aromatic rings. The molecule has 2 nitrogen and oxygen atoms in total. The van der Waals surface area contributed by atoms with E-state index in [2.05, 4.69) is 55.4 Å². The minimum atomic E-state index is 0.109. The van der Waals surface area contributed by atoms with E-state index >= 15 is 0 Å². The maximum Gasteiger partial charge on any atom is 0.161 e. The third-order valence-corrected chi connectivity index (χ3v) is 4.12. The summed E-state index contributed by atoms with van der Waals surface area (Å²) in [4.78, 5) is 0. The van der Waals surface area contributed by atoms with Crippen LogP contribution in [0.15, 0.2) is 0 Å². The number of benzene rings is 1. The largest absolute Gasteiger partial charge is 0.504 e. The lowest BCUT2D eigenvalue weighted by Crippen LogP contribution is -2.12. The molecule has 0 spiro atoms. The molecule has 0 heterocycles. The minimum Gasteiger partial charge on any atom is -0.504 e. The van der Waals surface area contributed by atoms with Crippen molar-refractivity contribution in [2.45, 2.75) is 80.1 Å². The van der Waals surface area contributed by atoms with Crippen molar-refractivity contribution >= 4 is 0 Å². The number of hydrogen-bond acceptors (Lipinski definition) is 2. The van der Waals surface area contributed by atoms with Crippen LogP contribution in [-0.4, -0.2) is 10.2 Å². The SMILES string of the molecule is CC(C)Cc1c(O)c(O)c(CC(C)C)c(C(C)C)c1C(C)C. The van der Waals surface area contributed by atoms with Gasteiger partial charge in [-0.2, -0.15) is 0 Å². The smallest absolute Gasteiger partial charge is 0.161 e. The van der Waals surface area contributed by atoms with E-state index in [1.807, 2.05) is 0 Å². The quantitative estimate of drug-likeness (QED) is 0.658. The Morgan fingerprint density at radius 2 is 0.864 bits per heavy atom. The van der Waals surface area contributed by atoms with Gasteiger partial charge in [0.25, 0.3) is 0 Å². The molecule has 0 aliphatic carbocycles. The molecule has 0 unspecified atom stereocenters. The maximum atomic E-state index is 10.6. The molecule has 1 aromatic carbocycles. The number of rotatable bonds is 6. The van der Waals surface area contributed by atoms with Crippen molar-refractivity contribution in [2.24, 2.45) is 11.8 Å². The van der Waals surface area contributed by atoms with Gasteiger partial charge in [0.05, 0.1) is 0 Å². The first-order chi connectivity index (χ1) is 10.1. The Hall–Kier alpha value is -1.18. The number of aromatic hydroxyl groups is 2. The van der Waals surface area contributed by atoms with Gasteiger partial charge in [-0.15, -0.1) is 0 Å². The summed E-state index contributed by atoms with van der Waals surface area (Å²) >= 11 is 0. The van der Waals surface area contributed by atoms with E-state index in [1.54, 1.807) is 0 Å². The van der Waals surface area contributed by atoms with Crippen LogP contribution >= 0.6 is 0 Å². The summed E-state index contributed by atoms with van der Waals surface area (Å²) in [7, 11) is 0. The molecule has 1 rings (SSSR count). The van der Waals surface area contributed by atoms with Crippen LogP contribution < -0.4 is 0 Å². The third kappa shape index (κ3) is 3.97. The zero-order valence-corrected chi connectivity index (χ0v) is 15.6. The molecular formula is C20H34O2. The molecule has 0 bridgehead atoms. The van der Waals surface area contributed by atoms with E-state index in [9.17, 15) is 10.2 Å². The zero-order chi connectivity index (χ0) is 17.2. The van der Waals surface area contributed by atoms with E-state index in [0.717, 1.165) is 24.0 Å². The highest BCUT2D eigenvalue weighted by Crippen LogP contribution is 2.45. The van der Waals surface area contributed by atoms with Crippen LogP contribution in [0.5, 0.6) is 11.5 Å². The Bertz CT molecular complexity index is 464. The molecule has 0 aliphatic heterocycles. The van der Waals surface area contributed by atoms with Crippen molar-refractivity contribution in [3.8, 4) is 11.5 Å². The molecule has 0 saturated heterocycles. The molecule has 126 valence electrons. The van der Waals surface area contributed by atoms with Gasteiger partial charge in [-0.3, -0.25) is 0 Å². The van der Waals surface area contributed by atoms with Crippen molar-refractivity contribution in [1.82, 2.24) is 0 Å². The van der Waals surface area contributed by atoms with Gasteiger partial charge in [0.15, 0.2) is 11.5 Å². The van der Waals surface area contributed by atoms with Gasteiger partial charge in [0.2, 0.25) is 0 Å².